The van der Waals surface area contributed by atoms with Crippen LogP contribution in [-0.2, 0) is 16.6 Å². The fraction of sp³-hybridized carbons (Fsp3) is 0.0769. The highest BCUT2D eigenvalue weighted by molar-refractivity contribution is 7.84. The van der Waals surface area contributed by atoms with Crippen molar-refractivity contribution in [2.75, 3.05) is 0 Å². The van der Waals surface area contributed by atoms with Gasteiger partial charge in [-0.1, -0.05) is 0 Å². The average Bonchev–Trinajstić information content (AvgIpc) is 2.34. The first-order chi connectivity index (χ1) is 8.56. The molecule has 1 nitrogen and oxygen atoms in total. The van der Waals surface area contributed by atoms with Gasteiger partial charge < -0.3 is 0 Å². The molecule has 2 aromatic carbocycles. The summed E-state index contributed by atoms with van der Waals surface area (Å²) in [5, 5.41) is 0. The summed E-state index contributed by atoms with van der Waals surface area (Å²) in [5.74, 6) is -1.77. The summed E-state index contributed by atoms with van der Waals surface area (Å²) in [5.41, 5.74) is 0.0395. The molecule has 0 saturated carbocycles. The molecule has 0 bridgehead atoms. The first-order valence-corrected chi connectivity index (χ1v) is 6.46. The van der Waals surface area contributed by atoms with Crippen molar-refractivity contribution in [2.45, 2.75) is 10.6 Å². The van der Waals surface area contributed by atoms with E-state index in [1.165, 1.54) is 24.3 Å². The van der Waals surface area contributed by atoms with E-state index >= 15 is 0 Å². The summed E-state index contributed by atoms with van der Waals surface area (Å²) in [6, 6.07) is 8.08. The van der Waals surface area contributed by atoms with Gasteiger partial charge in [0.1, 0.15) is 17.5 Å². The van der Waals surface area contributed by atoms with E-state index in [1.54, 1.807) is 0 Å². The van der Waals surface area contributed by atoms with E-state index in [2.05, 4.69) is 0 Å². The molecule has 2 rings (SSSR count). The molecule has 94 valence electrons. The third-order valence-corrected chi connectivity index (χ3v) is 3.74. The average molecular weight is 270 g/mol. The Hall–Kier alpha value is -1.62. The summed E-state index contributed by atoms with van der Waals surface area (Å²) in [4.78, 5) is 0.375. The smallest absolute Gasteiger partial charge is 0.127 e. The topological polar surface area (TPSA) is 17.1 Å². The Kier molecular flexibility index (Phi) is 3.81. The fourth-order valence-corrected chi connectivity index (χ4v) is 2.57. The molecular weight excluding hydrogens is 261 g/mol. The van der Waals surface area contributed by atoms with Gasteiger partial charge in [-0.05, 0) is 42.5 Å². The second-order valence-electron chi connectivity index (χ2n) is 3.68. The molecule has 0 radical (unpaired) electrons. The predicted molar refractivity (Wildman–Crippen MR) is 62.9 cm³/mol. The highest BCUT2D eigenvalue weighted by Crippen LogP contribution is 2.16. The van der Waals surface area contributed by atoms with Crippen molar-refractivity contribution < 1.29 is 17.4 Å². The Bertz CT molecular complexity index is 581. The Morgan fingerprint density at radius 3 is 2.17 bits per heavy atom. The number of halogens is 3. The Morgan fingerprint density at radius 2 is 1.50 bits per heavy atom. The molecule has 0 saturated heterocycles. The molecule has 0 fully saturated rings. The second-order valence-corrected chi connectivity index (χ2v) is 5.13. The van der Waals surface area contributed by atoms with Crippen LogP contribution in [0.5, 0.6) is 0 Å². The number of benzene rings is 2. The first-order valence-electron chi connectivity index (χ1n) is 5.14. The minimum atomic E-state index is -1.53. The molecule has 0 aliphatic rings. The van der Waals surface area contributed by atoms with Crippen LogP contribution in [0.4, 0.5) is 13.2 Å². The van der Waals surface area contributed by atoms with Crippen LogP contribution in [0.25, 0.3) is 0 Å². The van der Waals surface area contributed by atoms with Crippen molar-refractivity contribution in [2.24, 2.45) is 0 Å². The molecule has 1 atom stereocenters. The summed E-state index contributed by atoms with van der Waals surface area (Å²) in [7, 11) is -1.53. The van der Waals surface area contributed by atoms with Crippen LogP contribution in [0.3, 0.4) is 0 Å². The van der Waals surface area contributed by atoms with Crippen LogP contribution < -0.4 is 0 Å². The second kappa shape index (κ2) is 5.35. The molecule has 0 N–H and O–H groups in total. The zero-order valence-electron chi connectivity index (χ0n) is 9.20. The highest BCUT2D eigenvalue weighted by Gasteiger charge is 2.10. The molecule has 18 heavy (non-hydrogen) atoms. The Balaban J connectivity index is 2.21. The Labute approximate surface area is 105 Å². The lowest BCUT2D eigenvalue weighted by atomic mass is 10.2. The lowest BCUT2D eigenvalue weighted by Gasteiger charge is -2.04. The van der Waals surface area contributed by atoms with Crippen LogP contribution in [0, 0.1) is 17.5 Å². The molecule has 0 heterocycles. The van der Waals surface area contributed by atoms with E-state index < -0.39 is 28.3 Å². The summed E-state index contributed by atoms with van der Waals surface area (Å²) in [6.45, 7) is 0. The van der Waals surface area contributed by atoms with Gasteiger partial charge in [0.15, 0.2) is 0 Å². The molecule has 0 amide bonds. The van der Waals surface area contributed by atoms with Gasteiger partial charge in [0.05, 0.1) is 16.6 Å². The van der Waals surface area contributed by atoms with Crippen LogP contribution in [0.2, 0.25) is 0 Å². The van der Waals surface area contributed by atoms with Crippen molar-refractivity contribution in [3.05, 3.63) is 65.5 Å². The van der Waals surface area contributed by atoms with Gasteiger partial charge in [-0.25, -0.2) is 13.2 Å². The van der Waals surface area contributed by atoms with Gasteiger partial charge in [0, 0.05) is 10.5 Å². The van der Waals surface area contributed by atoms with Gasteiger partial charge in [-0.3, -0.25) is 4.21 Å². The molecule has 2 aromatic rings. The van der Waals surface area contributed by atoms with Gasteiger partial charge in [0.2, 0.25) is 0 Å². The zero-order chi connectivity index (χ0) is 13.1. The van der Waals surface area contributed by atoms with Crippen molar-refractivity contribution >= 4 is 10.8 Å². The summed E-state index contributed by atoms with van der Waals surface area (Å²) >= 11 is 0. The molecular formula is C13H9F3OS. The molecule has 1 unspecified atom stereocenters. The maximum absolute atomic E-state index is 13.3. The summed E-state index contributed by atoms with van der Waals surface area (Å²) in [6.07, 6.45) is 0. The Morgan fingerprint density at radius 1 is 0.889 bits per heavy atom. The third kappa shape index (κ3) is 2.98. The fourth-order valence-electron chi connectivity index (χ4n) is 1.46. The molecule has 0 aliphatic heterocycles. The van der Waals surface area contributed by atoms with E-state index in [-0.39, 0.29) is 11.3 Å². The van der Waals surface area contributed by atoms with E-state index in [9.17, 15) is 17.4 Å². The lowest BCUT2D eigenvalue weighted by Crippen LogP contribution is -2.00. The van der Waals surface area contributed by atoms with Crippen LogP contribution in [0.1, 0.15) is 5.56 Å². The van der Waals surface area contributed by atoms with Gasteiger partial charge in [0.25, 0.3) is 0 Å². The molecule has 0 aromatic heterocycles. The van der Waals surface area contributed by atoms with Crippen LogP contribution >= 0.6 is 0 Å². The highest BCUT2D eigenvalue weighted by atomic mass is 32.2. The van der Waals surface area contributed by atoms with Crippen molar-refractivity contribution in [1.82, 2.24) is 0 Å². The minimum absolute atomic E-state index is 0.0395. The monoisotopic (exact) mass is 270 g/mol. The number of rotatable bonds is 3. The van der Waals surface area contributed by atoms with E-state index in [1.807, 2.05) is 0 Å². The van der Waals surface area contributed by atoms with Crippen LogP contribution in [-0.4, -0.2) is 4.21 Å². The van der Waals surface area contributed by atoms with Gasteiger partial charge in [-0.15, -0.1) is 0 Å². The quantitative estimate of drug-likeness (QED) is 0.835. The van der Waals surface area contributed by atoms with E-state index in [0.29, 0.717) is 4.90 Å². The number of hydrogen-bond donors (Lipinski definition) is 0. The largest absolute Gasteiger partial charge is 0.254 e. The summed E-state index contributed by atoms with van der Waals surface area (Å²) < 4.78 is 50.9. The van der Waals surface area contributed by atoms with E-state index in [4.69, 9.17) is 0 Å². The molecule has 0 spiro atoms. The van der Waals surface area contributed by atoms with Gasteiger partial charge >= 0.3 is 0 Å². The lowest BCUT2D eigenvalue weighted by molar-refractivity contribution is 0.590. The van der Waals surface area contributed by atoms with Gasteiger partial charge in [-0.2, -0.15) is 0 Å². The molecule has 5 heteroatoms. The maximum Gasteiger partial charge on any atom is 0.127 e. The first kappa shape index (κ1) is 12.8. The van der Waals surface area contributed by atoms with Crippen molar-refractivity contribution in [1.29, 1.82) is 0 Å². The SMILES string of the molecule is O=S(Cc1cc(F)ccc1F)c1ccc(F)cc1. The predicted octanol–water partition coefficient (Wildman–Crippen LogP) is 3.41. The van der Waals surface area contributed by atoms with Crippen molar-refractivity contribution in [3.8, 4) is 0 Å². The van der Waals surface area contributed by atoms with Crippen LogP contribution in [0.15, 0.2) is 47.4 Å². The van der Waals surface area contributed by atoms with Crippen molar-refractivity contribution in [3.63, 3.8) is 0 Å². The zero-order valence-corrected chi connectivity index (χ0v) is 10.0. The third-order valence-electron chi connectivity index (χ3n) is 2.37. The maximum atomic E-state index is 13.3. The molecule has 0 aliphatic carbocycles. The normalized spacial score (nSPS) is 12.4. The number of hydrogen-bond acceptors (Lipinski definition) is 1. The minimum Gasteiger partial charge on any atom is -0.254 e. The standard InChI is InChI=1S/C13H9F3OS/c14-10-1-4-12(5-2-10)18(17)8-9-7-11(15)3-6-13(9)16/h1-7H,8H2. The van der Waals surface area contributed by atoms with E-state index in [0.717, 1.165) is 18.2 Å².